The standard InChI is InChI=1S/C16H23NO4/c1-11(18)13-6-7-14(15(10-13)20-3)21-12(2)16(19)17-8-4-5-9-17/h6-7,10-12,18H,4-5,8-9H2,1-3H3. The Morgan fingerprint density at radius 3 is 2.48 bits per heavy atom. The molecule has 1 fully saturated rings. The average molecular weight is 293 g/mol. The van der Waals surface area contributed by atoms with Crippen molar-refractivity contribution in [3.05, 3.63) is 23.8 Å². The number of carbonyl (C=O) groups excluding carboxylic acids is 1. The van der Waals surface area contributed by atoms with Crippen LogP contribution >= 0.6 is 0 Å². The predicted octanol–water partition coefficient (Wildman–Crippen LogP) is 2.14. The fraction of sp³-hybridized carbons (Fsp3) is 0.562. The third kappa shape index (κ3) is 3.67. The van der Waals surface area contributed by atoms with Gasteiger partial charge in [-0.1, -0.05) is 6.07 Å². The van der Waals surface area contributed by atoms with Gasteiger partial charge in [0.2, 0.25) is 0 Å². The third-order valence-corrected chi connectivity index (χ3v) is 3.74. The maximum atomic E-state index is 12.2. The van der Waals surface area contributed by atoms with E-state index in [1.807, 2.05) is 4.90 Å². The molecule has 1 aliphatic rings. The van der Waals surface area contributed by atoms with E-state index in [2.05, 4.69) is 0 Å². The van der Waals surface area contributed by atoms with E-state index in [1.165, 1.54) is 0 Å². The Hall–Kier alpha value is -1.75. The lowest BCUT2D eigenvalue weighted by atomic mass is 10.1. The van der Waals surface area contributed by atoms with E-state index >= 15 is 0 Å². The fourth-order valence-electron chi connectivity index (χ4n) is 2.48. The highest BCUT2D eigenvalue weighted by Gasteiger charge is 2.25. The zero-order valence-corrected chi connectivity index (χ0v) is 12.8. The van der Waals surface area contributed by atoms with Gasteiger partial charge in [-0.2, -0.15) is 0 Å². The zero-order chi connectivity index (χ0) is 15.4. The smallest absolute Gasteiger partial charge is 0.263 e. The normalized spacial score (nSPS) is 17.4. The predicted molar refractivity (Wildman–Crippen MR) is 79.5 cm³/mol. The number of carbonyl (C=O) groups is 1. The molecule has 0 aliphatic carbocycles. The summed E-state index contributed by atoms with van der Waals surface area (Å²) in [5.41, 5.74) is 0.748. The minimum atomic E-state index is -0.573. The topological polar surface area (TPSA) is 59.0 Å². The highest BCUT2D eigenvalue weighted by Crippen LogP contribution is 2.31. The highest BCUT2D eigenvalue weighted by molar-refractivity contribution is 5.81. The first-order valence-corrected chi connectivity index (χ1v) is 7.34. The molecule has 1 amide bonds. The van der Waals surface area contributed by atoms with Crippen LogP contribution in [0.3, 0.4) is 0 Å². The van der Waals surface area contributed by atoms with Crippen LogP contribution in [-0.2, 0) is 4.79 Å². The molecule has 0 saturated carbocycles. The lowest BCUT2D eigenvalue weighted by molar-refractivity contribution is -0.136. The minimum Gasteiger partial charge on any atom is -0.493 e. The molecule has 2 atom stereocenters. The number of methoxy groups -OCH3 is 1. The largest absolute Gasteiger partial charge is 0.493 e. The van der Waals surface area contributed by atoms with Crippen molar-refractivity contribution in [1.29, 1.82) is 0 Å². The van der Waals surface area contributed by atoms with Crippen LogP contribution in [0.2, 0.25) is 0 Å². The molecule has 1 aliphatic heterocycles. The van der Waals surface area contributed by atoms with Crippen molar-refractivity contribution >= 4 is 5.91 Å². The Balaban J connectivity index is 2.09. The van der Waals surface area contributed by atoms with Gasteiger partial charge in [-0.05, 0) is 44.4 Å². The Bertz CT molecular complexity index is 495. The summed E-state index contributed by atoms with van der Waals surface area (Å²) in [4.78, 5) is 14.1. The van der Waals surface area contributed by atoms with E-state index in [9.17, 15) is 9.90 Å². The highest BCUT2D eigenvalue weighted by atomic mass is 16.5. The molecule has 1 aromatic carbocycles. The lowest BCUT2D eigenvalue weighted by Gasteiger charge is -2.22. The van der Waals surface area contributed by atoms with E-state index in [0.29, 0.717) is 11.5 Å². The van der Waals surface area contributed by atoms with Gasteiger partial charge in [0.15, 0.2) is 17.6 Å². The summed E-state index contributed by atoms with van der Waals surface area (Å²) in [5, 5.41) is 9.59. The summed E-state index contributed by atoms with van der Waals surface area (Å²) < 4.78 is 11.0. The van der Waals surface area contributed by atoms with Crippen LogP contribution in [0.4, 0.5) is 0 Å². The molecule has 2 unspecified atom stereocenters. The van der Waals surface area contributed by atoms with E-state index in [1.54, 1.807) is 39.2 Å². The molecule has 0 spiro atoms. The average Bonchev–Trinajstić information content (AvgIpc) is 3.00. The number of aliphatic hydroxyl groups excluding tert-OH is 1. The molecule has 1 saturated heterocycles. The van der Waals surface area contributed by atoms with Crippen LogP contribution in [0.25, 0.3) is 0 Å². The number of hydrogen-bond acceptors (Lipinski definition) is 4. The van der Waals surface area contributed by atoms with Gasteiger partial charge in [-0.15, -0.1) is 0 Å². The SMILES string of the molecule is COc1cc(C(C)O)ccc1OC(C)C(=O)N1CCCC1. The van der Waals surface area contributed by atoms with Gasteiger partial charge in [0, 0.05) is 13.1 Å². The fourth-order valence-corrected chi connectivity index (χ4v) is 2.48. The lowest BCUT2D eigenvalue weighted by Crippen LogP contribution is -2.38. The summed E-state index contributed by atoms with van der Waals surface area (Å²) >= 11 is 0. The van der Waals surface area contributed by atoms with Crippen LogP contribution in [-0.4, -0.2) is 42.2 Å². The summed E-state index contributed by atoms with van der Waals surface area (Å²) in [6.07, 6.45) is 1.00. The molecule has 1 N–H and O–H groups in total. The van der Waals surface area contributed by atoms with Gasteiger partial charge >= 0.3 is 0 Å². The van der Waals surface area contributed by atoms with Gasteiger partial charge in [0.25, 0.3) is 5.91 Å². The van der Waals surface area contributed by atoms with Crippen molar-refractivity contribution in [3.63, 3.8) is 0 Å². The maximum Gasteiger partial charge on any atom is 0.263 e. The molecule has 0 bridgehead atoms. The van der Waals surface area contributed by atoms with Gasteiger partial charge < -0.3 is 19.5 Å². The van der Waals surface area contributed by atoms with Crippen LogP contribution in [0.1, 0.15) is 38.4 Å². The second-order valence-electron chi connectivity index (χ2n) is 5.38. The molecule has 0 radical (unpaired) electrons. The van der Waals surface area contributed by atoms with E-state index < -0.39 is 12.2 Å². The van der Waals surface area contributed by atoms with E-state index in [-0.39, 0.29) is 5.91 Å². The second kappa shape index (κ2) is 6.80. The molecule has 2 rings (SSSR count). The summed E-state index contributed by atoms with van der Waals surface area (Å²) in [5.74, 6) is 1.05. The van der Waals surface area contributed by atoms with Gasteiger partial charge in [0.1, 0.15) is 0 Å². The Morgan fingerprint density at radius 2 is 1.90 bits per heavy atom. The number of hydrogen-bond donors (Lipinski definition) is 1. The first-order chi connectivity index (χ1) is 10.0. The van der Waals surface area contributed by atoms with Gasteiger partial charge in [-0.25, -0.2) is 0 Å². The van der Waals surface area contributed by atoms with Crippen LogP contribution in [0.5, 0.6) is 11.5 Å². The number of aliphatic hydroxyl groups is 1. The van der Waals surface area contributed by atoms with Gasteiger partial charge in [0.05, 0.1) is 13.2 Å². The minimum absolute atomic E-state index is 0.00848. The quantitative estimate of drug-likeness (QED) is 0.903. The first-order valence-electron chi connectivity index (χ1n) is 7.34. The summed E-state index contributed by atoms with van der Waals surface area (Å²) in [6, 6.07) is 5.23. The molecule has 5 nitrogen and oxygen atoms in total. The molecule has 5 heteroatoms. The molecular formula is C16H23NO4. The van der Waals surface area contributed by atoms with Crippen molar-refractivity contribution in [2.45, 2.75) is 38.9 Å². The van der Waals surface area contributed by atoms with Crippen molar-refractivity contribution in [2.75, 3.05) is 20.2 Å². The van der Waals surface area contributed by atoms with Crippen LogP contribution < -0.4 is 9.47 Å². The maximum absolute atomic E-state index is 12.2. The van der Waals surface area contributed by atoms with Crippen molar-refractivity contribution in [1.82, 2.24) is 4.90 Å². The Morgan fingerprint density at radius 1 is 1.24 bits per heavy atom. The number of amides is 1. The Labute approximate surface area is 125 Å². The molecule has 1 aromatic rings. The van der Waals surface area contributed by atoms with Crippen LogP contribution in [0.15, 0.2) is 18.2 Å². The van der Waals surface area contributed by atoms with Crippen molar-refractivity contribution < 1.29 is 19.4 Å². The zero-order valence-electron chi connectivity index (χ0n) is 12.8. The molecule has 21 heavy (non-hydrogen) atoms. The van der Waals surface area contributed by atoms with E-state index in [0.717, 1.165) is 31.5 Å². The first kappa shape index (κ1) is 15.6. The number of likely N-dealkylation sites (tertiary alicyclic amines) is 1. The summed E-state index contributed by atoms with van der Waals surface area (Å²) in [6.45, 7) is 5.06. The number of benzene rings is 1. The molecule has 0 aromatic heterocycles. The Kier molecular flexibility index (Phi) is 5.07. The molecular weight excluding hydrogens is 270 g/mol. The second-order valence-corrected chi connectivity index (χ2v) is 5.38. The van der Waals surface area contributed by atoms with Crippen molar-refractivity contribution in [3.8, 4) is 11.5 Å². The van der Waals surface area contributed by atoms with Crippen molar-refractivity contribution in [2.24, 2.45) is 0 Å². The van der Waals surface area contributed by atoms with Crippen LogP contribution in [0, 0.1) is 0 Å². The molecule has 1 heterocycles. The number of ether oxygens (including phenoxy) is 2. The number of rotatable bonds is 5. The summed E-state index contributed by atoms with van der Waals surface area (Å²) in [7, 11) is 1.54. The van der Waals surface area contributed by atoms with E-state index in [4.69, 9.17) is 9.47 Å². The monoisotopic (exact) mass is 293 g/mol. The van der Waals surface area contributed by atoms with Gasteiger partial charge in [-0.3, -0.25) is 4.79 Å². The molecule has 116 valence electrons. The third-order valence-electron chi connectivity index (χ3n) is 3.74. The number of nitrogens with zero attached hydrogens (tertiary/aromatic N) is 1.